The van der Waals surface area contributed by atoms with Gasteiger partial charge in [-0.25, -0.2) is 4.79 Å². The van der Waals surface area contributed by atoms with Gasteiger partial charge < -0.3 is 23.9 Å². The molecule has 1 unspecified atom stereocenters. The lowest BCUT2D eigenvalue weighted by Gasteiger charge is -2.41. The minimum Gasteiger partial charge on any atom is -0.485 e. The molecule has 0 radical (unpaired) electrons. The molecule has 1 aliphatic carbocycles. The molecule has 1 saturated carbocycles. The lowest BCUT2D eigenvalue weighted by molar-refractivity contribution is 0.0179. The maximum absolute atomic E-state index is 12.7. The van der Waals surface area contributed by atoms with E-state index in [9.17, 15) is 9.59 Å². The lowest BCUT2D eigenvalue weighted by Crippen LogP contribution is -2.45. The Morgan fingerprint density at radius 2 is 2.03 bits per heavy atom. The smallest absolute Gasteiger partial charge is 0.349 e. The number of hydrogen-bond acceptors (Lipinski definition) is 6. The Morgan fingerprint density at radius 1 is 1.28 bits per heavy atom. The van der Waals surface area contributed by atoms with Gasteiger partial charge in [-0.15, -0.1) is 0 Å². The molecule has 0 saturated heterocycles. The largest absolute Gasteiger partial charge is 0.485 e. The first-order chi connectivity index (χ1) is 14.0. The van der Waals surface area contributed by atoms with Crippen molar-refractivity contribution in [2.45, 2.75) is 32.3 Å². The molecule has 0 spiro atoms. The van der Waals surface area contributed by atoms with E-state index in [2.05, 4.69) is 5.32 Å². The van der Waals surface area contributed by atoms with E-state index < -0.39 is 17.6 Å². The van der Waals surface area contributed by atoms with Crippen molar-refractivity contribution < 1.29 is 23.4 Å². The fourth-order valence-corrected chi connectivity index (χ4v) is 3.94. The van der Waals surface area contributed by atoms with Gasteiger partial charge in [-0.3, -0.25) is 4.79 Å². The summed E-state index contributed by atoms with van der Waals surface area (Å²) in [4.78, 5) is 25.2. The van der Waals surface area contributed by atoms with Gasteiger partial charge in [0.2, 0.25) is 0 Å². The van der Waals surface area contributed by atoms with Crippen molar-refractivity contribution in [3.8, 4) is 11.5 Å². The summed E-state index contributed by atoms with van der Waals surface area (Å²) in [6.45, 7) is 3.03. The quantitative estimate of drug-likeness (QED) is 0.804. The molecule has 154 valence electrons. The molecule has 1 amide bonds. The third-order valence-corrected chi connectivity index (χ3v) is 5.71. The zero-order valence-electron chi connectivity index (χ0n) is 16.7. The van der Waals surface area contributed by atoms with Crippen LogP contribution in [0.15, 0.2) is 39.5 Å². The molecule has 2 heterocycles. The number of aryl methyl sites for hydroxylation is 1. The van der Waals surface area contributed by atoms with Gasteiger partial charge in [0.05, 0.1) is 6.61 Å². The van der Waals surface area contributed by atoms with E-state index in [1.165, 1.54) is 0 Å². The van der Waals surface area contributed by atoms with E-state index in [-0.39, 0.29) is 17.6 Å². The highest BCUT2D eigenvalue weighted by molar-refractivity contribution is 5.95. The molecule has 7 heteroatoms. The predicted molar refractivity (Wildman–Crippen MR) is 106 cm³/mol. The molecule has 7 nitrogen and oxygen atoms in total. The molecule has 1 aromatic heterocycles. The standard InChI is InChI=1S/C22H25NO6/c1-14-10-17(18-11-27-15-6-3-4-7-16(15)28-18)29-21(25)19(14)20(24)23-12-22(13-26-2)8-5-9-22/h3-4,6-7,10,18H,5,8-9,11-13H2,1-2H3,(H,23,24). The normalized spacial score (nSPS) is 19.3. The molecule has 1 aliphatic heterocycles. The number of carbonyl (C=O) groups is 1. The third-order valence-electron chi connectivity index (χ3n) is 5.71. The number of hydrogen-bond donors (Lipinski definition) is 1. The monoisotopic (exact) mass is 399 g/mol. The molecule has 1 N–H and O–H groups in total. The van der Waals surface area contributed by atoms with Crippen molar-refractivity contribution in [3.05, 3.63) is 57.6 Å². The predicted octanol–water partition coefficient (Wildman–Crippen LogP) is 3.01. The molecule has 29 heavy (non-hydrogen) atoms. The van der Waals surface area contributed by atoms with Crippen LogP contribution in [0.2, 0.25) is 0 Å². The Bertz CT molecular complexity index is 962. The van der Waals surface area contributed by atoms with Crippen LogP contribution in [0, 0.1) is 12.3 Å². The number of ether oxygens (including phenoxy) is 3. The molecule has 1 fully saturated rings. The number of amides is 1. The van der Waals surface area contributed by atoms with Crippen LogP contribution in [0.25, 0.3) is 0 Å². The highest BCUT2D eigenvalue weighted by Gasteiger charge is 2.37. The van der Waals surface area contributed by atoms with Gasteiger partial charge >= 0.3 is 5.63 Å². The van der Waals surface area contributed by atoms with E-state index in [0.717, 1.165) is 19.3 Å². The second kappa shape index (κ2) is 7.91. The molecular weight excluding hydrogens is 374 g/mol. The summed E-state index contributed by atoms with van der Waals surface area (Å²) < 4.78 is 22.3. The van der Waals surface area contributed by atoms with Crippen molar-refractivity contribution in [1.82, 2.24) is 5.32 Å². The number of benzene rings is 1. The number of fused-ring (bicyclic) bond motifs is 1. The van der Waals surface area contributed by atoms with Crippen molar-refractivity contribution in [2.75, 3.05) is 26.9 Å². The van der Waals surface area contributed by atoms with Crippen molar-refractivity contribution >= 4 is 5.91 Å². The fourth-order valence-electron chi connectivity index (χ4n) is 3.94. The molecule has 1 aromatic carbocycles. The fraction of sp³-hybridized carbons (Fsp3) is 0.455. The first-order valence-electron chi connectivity index (χ1n) is 9.82. The highest BCUT2D eigenvalue weighted by atomic mass is 16.6. The van der Waals surface area contributed by atoms with Gasteiger partial charge in [-0.1, -0.05) is 18.6 Å². The molecular formula is C22H25NO6. The van der Waals surface area contributed by atoms with Crippen LogP contribution >= 0.6 is 0 Å². The Balaban J connectivity index is 1.49. The topological polar surface area (TPSA) is 87.0 Å². The molecule has 2 aliphatic rings. The first-order valence-corrected chi connectivity index (χ1v) is 9.82. The number of carbonyl (C=O) groups excluding carboxylic acids is 1. The van der Waals surface area contributed by atoms with Crippen LogP contribution in [-0.4, -0.2) is 32.8 Å². The van der Waals surface area contributed by atoms with E-state index in [1.54, 1.807) is 26.2 Å². The van der Waals surface area contributed by atoms with Crippen LogP contribution in [-0.2, 0) is 4.74 Å². The molecule has 0 bridgehead atoms. The average Bonchev–Trinajstić information content (AvgIpc) is 2.69. The van der Waals surface area contributed by atoms with E-state index in [4.69, 9.17) is 18.6 Å². The Labute approximate surface area is 169 Å². The highest BCUT2D eigenvalue weighted by Crippen LogP contribution is 2.40. The van der Waals surface area contributed by atoms with E-state index >= 15 is 0 Å². The first kappa shape index (κ1) is 19.5. The van der Waals surface area contributed by atoms with Crippen LogP contribution in [0.1, 0.15) is 47.0 Å². The van der Waals surface area contributed by atoms with Crippen molar-refractivity contribution in [2.24, 2.45) is 5.41 Å². The summed E-state index contributed by atoms with van der Waals surface area (Å²) in [5, 5.41) is 2.89. The molecule has 1 atom stereocenters. The molecule has 2 aromatic rings. The van der Waals surface area contributed by atoms with Gasteiger partial charge in [0, 0.05) is 19.1 Å². The number of methoxy groups -OCH3 is 1. The Hall–Kier alpha value is -2.80. The maximum Gasteiger partial charge on any atom is 0.349 e. The summed E-state index contributed by atoms with van der Waals surface area (Å²) in [6, 6.07) is 8.99. The van der Waals surface area contributed by atoms with Gasteiger partial charge in [0.15, 0.2) is 23.4 Å². The summed E-state index contributed by atoms with van der Waals surface area (Å²) in [5.74, 6) is 1.17. The number of nitrogens with one attached hydrogen (secondary N) is 1. The van der Waals surface area contributed by atoms with Crippen molar-refractivity contribution in [3.63, 3.8) is 0 Å². The minimum absolute atomic E-state index is 0.0257. The summed E-state index contributed by atoms with van der Waals surface area (Å²) in [6.07, 6.45) is 2.60. The average molecular weight is 399 g/mol. The van der Waals surface area contributed by atoms with E-state index in [1.807, 2.05) is 18.2 Å². The second-order valence-corrected chi connectivity index (χ2v) is 7.83. The summed E-state index contributed by atoms with van der Waals surface area (Å²) in [5.41, 5.74) is -0.128. The third kappa shape index (κ3) is 3.87. The van der Waals surface area contributed by atoms with Crippen molar-refractivity contribution in [1.29, 1.82) is 0 Å². The zero-order valence-corrected chi connectivity index (χ0v) is 16.7. The molecule has 4 rings (SSSR count). The summed E-state index contributed by atoms with van der Waals surface area (Å²) in [7, 11) is 1.66. The van der Waals surface area contributed by atoms with Gasteiger partial charge in [-0.2, -0.15) is 0 Å². The SMILES string of the molecule is COCC1(CNC(=O)c2c(C)cc(C3COc4ccccc4O3)oc2=O)CCC1. The van der Waals surface area contributed by atoms with Gasteiger partial charge in [0.25, 0.3) is 5.91 Å². The zero-order chi connectivity index (χ0) is 20.4. The number of para-hydroxylation sites is 2. The van der Waals surface area contributed by atoms with Gasteiger partial charge in [0.1, 0.15) is 12.2 Å². The van der Waals surface area contributed by atoms with Crippen LogP contribution in [0.5, 0.6) is 11.5 Å². The van der Waals surface area contributed by atoms with Crippen LogP contribution in [0.3, 0.4) is 0 Å². The maximum atomic E-state index is 12.7. The van der Waals surface area contributed by atoms with Gasteiger partial charge in [-0.05, 0) is 43.5 Å². The second-order valence-electron chi connectivity index (χ2n) is 7.83. The van der Waals surface area contributed by atoms with Crippen LogP contribution in [0.4, 0.5) is 0 Å². The lowest BCUT2D eigenvalue weighted by atomic mass is 9.69. The Kier molecular flexibility index (Phi) is 5.32. The minimum atomic E-state index is -0.672. The van der Waals surface area contributed by atoms with E-state index in [0.29, 0.717) is 36.0 Å². The summed E-state index contributed by atoms with van der Waals surface area (Å²) >= 11 is 0. The number of rotatable bonds is 6. The van der Waals surface area contributed by atoms with Crippen LogP contribution < -0.4 is 20.4 Å². The Morgan fingerprint density at radius 3 is 2.69 bits per heavy atom.